The second-order valence-corrected chi connectivity index (χ2v) is 4.51. The van der Waals surface area contributed by atoms with Gasteiger partial charge < -0.3 is 15.4 Å². The molecule has 0 aromatic carbocycles. The lowest BCUT2D eigenvalue weighted by Crippen LogP contribution is -2.47. The summed E-state index contributed by atoms with van der Waals surface area (Å²) < 4.78 is 5.16. The number of hydrogen-bond acceptors (Lipinski definition) is 5. The molecule has 5 heteroatoms. The number of piperazine rings is 1. The topological polar surface area (TPSA) is 54.6 Å². The maximum absolute atomic E-state index is 5.54. The summed E-state index contributed by atoms with van der Waals surface area (Å²) in [5, 5.41) is 0. The molecule has 0 bridgehead atoms. The van der Waals surface area contributed by atoms with Gasteiger partial charge >= 0.3 is 0 Å². The maximum atomic E-state index is 5.54. The van der Waals surface area contributed by atoms with Crippen LogP contribution >= 0.6 is 0 Å². The van der Waals surface area contributed by atoms with Crippen LogP contribution in [0.4, 0.5) is 5.82 Å². The molecule has 100 valence electrons. The number of methoxy groups -OCH3 is 1. The summed E-state index contributed by atoms with van der Waals surface area (Å²) >= 11 is 0. The molecule has 0 spiro atoms. The molecule has 1 fully saturated rings. The molecule has 0 radical (unpaired) electrons. The fourth-order valence-corrected chi connectivity index (χ4v) is 2.21. The summed E-state index contributed by atoms with van der Waals surface area (Å²) in [6.45, 7) is 6.08. The average Bonchev–Trinajstić information content (AvgIpc) is 2.46. The van der Waals surface area contributed by atoms with E-state index in [-0.39, 0.29) is 0 Å². The molecule has 1 aliphatic heterocycles. The first-order chi connectivity index (χ1) is 8.83. The number of nitrogens with zero attached hydrogens (tertiary/aromatic N) is 3. The van der Waals surface area contributed by atoms with Crippen molar-refractivity contribution in [2.24, 2.45) is 5.73 Å². The van der Waals surface area contributed by atoms with Crippen molar-refractivity contribution in [3.05, 3.63) is 18.2 Å². The highest BCUT2D eigenvalue weighted by Gasteiger charge is 2.17. The molecule has 0 atom stereocenters. The Morgan fingerprint density at radius 1 is 1.28 bits per heavy atom. The van der Waals surface area contributed by atoms with E-state index in [1.165, 1.54) is 0 Å². The SMILES string of the molecule is COc1cccc(N2CCN(CCCN)CC2)n1. The van der Waals surface area contributed by atoms with Gasteiger partial charge in [-0.15, -0.1) is 0 Å². The van der Waals surface area contributed by atoms with Crippen molar-refractivity contribution in [1.82, 2.24) is 9.88 Å². The van der Waals surface area contributed by atoms with Gasteiger partial charge in [0, 0.05) is 32.2 Å². The summed E-state index contributed by atoms with van der Waals surface area (Å²) in [6.07, 6.45) is 1.08. The van der Waals surface area contributed by atoms with Gasteiger partial charge in [-0.1, -0.05) is 6.07 Å². The van der Waals surface area contributed by atoms with Gasteiger partial charge in [0.2, 0.25) is 5.88 Å². The van der Waals surface area contributed by atoms with Gasteiger partial charge in [-0.3, -0.25) is 4.90 Å². The number of aromatic nitrogens is 1. The van der Waals surface area contributed by atoms with E-state index in [9.17, 15) is 0 Å². The highest BCUT2D eigenvalue weighted by atomic mass is 16.5. The van der Waals surface area contributed by atoms with Crippen LogP contribution in [0.2, 0.25) is 0 Å². The molecule has 1 aliphatic rings. The van der Waals surface area contributed by atoms with E-state index in [4.69, 9.17) is 10.5 Å². The van der Waals surface area contributed by atoms with Gasteiger partial charge in [0.25, 0.3) is 0 Å². The molecule has 5 nitrogen and oxygen atoms in total. The van der Waals surface area contributed by atoms with Crippen LogP contribution in [-0.4, -0.2) is 56.3 Å². The summed E-state index contributed by atoms with van der Waals surface area (Å²) in [6, 6.07) is 5.90. The van der Waals surface area contributed by atoms with Crippen molar-refractivity contribution in [2.45, 2.75) is 6.42 Å². The quantitative estimate of drug-likeness (QED) is 0.827. The lowest BCUT2D eigenvalue weighted by Gasteiger charge is -2.35. The predicted octanol–water partition coefficient (Wildman–Crippen LogP) is 0.561. The first kappa shape index (κ1) is 13.1. The third kappa shape index (κ3) is 3.34. The number of anilines is 1. The lowest BCUT2D eigenvalue weighted by atomic mass is 10.3. The number of pyridine rings is 1. The first-order valence-corrected chi connectivity index (χ1v) is 6.52. The molecule has 1 aromatic rings. The third-order valence-corrected chi connectivity index (χ3v) is 3.29. The van der Waals surface area contributed by atoms with Crippen LogP contribution < -0.4 is 15.4 Å². The molecule has 18 heavy (non-hydrogen) atoms. The van der Waals surface area contributed by atoms with Gasteiger partial charge in [0.15, 0.2) is 0 Å². The Morgan fingerprint density at radius 2 is 2.06 bits per heavy atom. The molecular weight excluding hydrogens is 228 g/mol. The number of ether oxygens (including phenoxy) is 1. The van der Waals surface area contributed by atoms with Crippen LogP contribution in [0.3, 0.4) is 0 Å². The van der Waals surface area contributed by atoms with Crippen molar-refractivity contribution < 1.29 is 4.74 Å². The van der Waals surface area contributed by atoms with E-state index in [0.29, 0.717) is 5.88 Å². The van der Waals surface area contributed by atoms with Crippen molar-refractivity contribution >= 4 is 5.82 Å². The Labute approximate surface area is 109 Å². The Hall–Kier alpha value is -1.33. The van der Waals surface area contributed by atoms with Gasteiger partial charge in [-0.2, -0.15) is 4.98 Å². The Balaban J connectivity index is 1.88. The largest absolute Gasteiger partial charge is 0.481 e. The molecule has 1 saturated heterocycles. The summed E-state index contributed by atoms with van der Waals surface area (Å²) in [5.74, 6) is 1.69. The molecule has 2 rings (SSSR count). The average molecular weight is 250 g/mol. The van der Waals surface area contributed by atoms with E-state index in [0.717, 1.165) is 51.5 Å². The van der Waals surface area contributed by atoms with Crippen LogP contribution in [-0.2, 0) is 0 Å². The number of hydrogen-bond donors (Lipinski definition) is 1. The zero-order chi connectivity index (χ0) is 12.8. The summed E-state index contributed by atoms with van der Waals surface area (Å²) in [7, 11) is 1.65. The van der Waals surface area contributed by atoms with E-state index in [2.05, 4.69) is 14.8 Å². The van der Waals surface area contributed by atoms with Crippen LogP contribution in [0, 0.1) is 0 Å². The lowest BCUT2D eigenvalue weighted by molar-refractivity contribution is 0.255. The molecule has 2 heterocycles. The molecule has 0 unspecified atom stereocenters. The van der Waals surface area contributed by atoms with Crippen LogP contribution in [0.5, 0.6) is 5.88 Å². The highest BCUT2D eigenvalue weighted by molar-refractivity contribution is 5.41. The van der Waals surface area contributed by atoms with Crippen molar-refractivity contribution in [1.29, 1.82) is 0 Å². The van der Waals surface area contributed by atoms with Gasteiger partial charge in [-0.05, 0) is 25.6 Å². The molecule has 2 N–H and O–H groups in total. The standard InChI is InChI=1S/C13H22N4O/c1-18-13-5-2-4-12(15-13)17-10-8-16(9-11-17)7-3-6-14/h2,4-5H,3,6-11,14H2,1H3. The zero-order valence-corrected chi connectivity index (χ0v) is 11.0. The van der Waals surface area contributed by atoms with Crippen LogP contribution in [0.25, 0.3) is 0 Å². The van der Waals surface area contributed by atoms with Crippen molar-refractivity contribution in [3.63, 3.8) is 0 Å². The molecular formula is C13H22N4O. The monoisotopic (exact) mass is 250 g/mol. The van der Waals surface area contributed by atoms with Crippen LogP contribution in [0.15, 0.2) is 18.2 Å². The molecule has 0 aliphatic carbocycles. The van der Waals surface area contributed by atoms with Crippen LogP contribution in [0.1, 0.15) is 6.42 Å². The zero-order valence-electron chi connectivity index (χ0n) is 11.0. The molecule has 1 aromatic heterocycles. The van der Waals surface area contributed by atoms with Gasteiger partial charge in [-0.25, -0.2) is 0 Å². The normalized spacial score (nSPS) is 16.9. The van der Waals surface area contributed by atoms with Gasteiger partial charge in [0.05, 0.1) is 7.11 Å². The molecule has 0 amide bonds. The Kier molecular flexibility index (Phi) is 4.78. The second-order valence-electron chi connectivity index (χ2n) is 4.51. The predicted molar refractivity (Wildman–Crippen MR) is 73.1 cm³/mol. The Morgan fingerprint density at radius 3 is 2.72 bits per heavy atom. The smallest absolute Gasteiger partial charge is 0.214 e. The van der Waals surface area contributed by atoms with Crippen molar-refractivity contribution in [3.8, 4) is 5.88 Å². The minimum absolute atomic E-state index is 0.679. The van der Waals surface area contributed by atoms with E-state index < -0.39 is 0 Å². The minimum Gasteiger partial charge on any atom is -0.481 e. The highest BCUT2D eigenvalue weighted by Crippen LogP contribution is 2.17. The summed E-state index contributed by atoms with van der Waals surface area (Å²) in [5.41, 5.74) is 5.54. The fraction of sp³-hybridized carbons (Fsp3) is 0.615. The molecule has 0 saturated carbocycles. The Bertz CT molecular complexity index is 364. The summed E-state index contributed by atoms with van der Waals surface area (Å²) in [4.78, 5) is 9.24. The van der Waals surface area contributed by atoms with Gasteiger partial charge in [0.1, 0.15) is 5.82 Å². The third-order valence-electron chi connectivity index (χ3n) is 3.29. The minimum atomic E-state index is 0.679. The maximum Gasteiger partial charge on any atom is 0.214 e. The number of rotatable bonds is 5. The van der Waals surface area contributed by atoms with Crippen molar-refractivity contribution in [2.75, 3.05) is 51.3 Å². The fourth-order valence-electron chi connectivity index (χ4n) is 2.21. The van der Waals surface area contributed by atoms with E-state index >= 15 is 0 Å². The second kappa shape index (κ2) is 6.56. The van der Waals surface area contributed by atoms with E-state index in [1.54, 1.807) is 7.11 Å². The first-order valence-electron chi connectivity index (χ1n) is 6.52. The number of nitrogens with two attached hydrogens (primary N) is 1. The van der Waals surface area contributed by atoms with E-state index in [1.807, 2.05) is 18.2 Å².